The lowest BCUT2D eigenvalue weighted by molar-refractivity contribution is 0.0260. The number of pyridine rings is 1. The molecule has 2 aromatic rings. The Balaban J connectivity index is 1.15. The van der Waals surface area contributed by atoms with Gasteiger partial charge in [-0.25, -0.2) is 9.78 Å². The number of aromatic nitrogens is 1. The molecule has 0 aliphatic carbocycles. The Morgan fingerprint density at radius 3 is 2.64 bits per heavy atom. The molecule has 3 fully saturated rings. The molecule has 1 aromatic heterocycles. The molecule has 9 heteroatoms. The molecule has 39 heavy (non-hydrogen) atoms. The molecule has 5 heterocycles. The second-order valence-corrected chi connectivity index (χ2v) is 12.3. The van der Waals surface area contributed by atoms with Crippen molar-refractivity contribution in [2.45, 2.75) is 64.7 Å². The Hall–Kier alpha value is -3.04. The fourth-order valence-electron chi connectivity index (χ4n) is 6.25. The van der Waals surface area contributed by atoms with Gasteiger partial charge in [-0.2, -0.15) is 0 Å². The molecular weight excluding hydrogens is 494 g/mol. The van der Waals surface area contributed by atoms with Crippen LogP contribution in [0.5, 0.6) is 5.75 Å². The van der Waals surface area contributed by atoms with Gasteiger partial charge in [-0.05, 0) is 64.3 Å². The van der Waals surface area contributed by atoms with Crippen LogP contribution < -0.4 is 15.0 Å². The van der Waals surface area contributed by atoms with Gasteiger partial charge in [0, 0.05) is 63.1 Å². The summed E-state index contributed by atoms with van der Waals surface area (Å²) in [6.45, 7) is 16.7. The van der Waals surface area contributed by atoms with Crippen LogP contribution in [0.4, 0.5) is 22.0 Å². The number of likely N-dealkylation sites (tertiary alicyclic amines) is 2. The van der Waals surface area contributed by atoms with Crippen LogP contribution in [-0.2, 0) is 9.47 Å². The number of benzene rings is 1. The summed E-state index contributed by atoms with van der Waals surface area (Å²) in [7, 11) is 0. The number of carbonyl (C=O) groups excluding carboxylic acids is 1. The van der Waals surface area contributed by atoms with E-state index in [2.05, 4.69) is 47.2 Å². The van der Waals surface area contributed by atoms with E-state index in [1.54, 1.807) is 0 Å². The summed E-state index contributed by atoms with van der Waals surface area (Å²) in [5.41, 5.74) is 5.25. The highest BCUT2D eigenvalue weighted by Crippen LogP contribution is 2.45. The number of nitrogens with one attached hydrogen (secondary N) is 1. The number of anilines is 3. The third kappa shape index (κ3) is 5.26. The Kier molecular flexibility index (Phi) is 6.83. The molecule has 4 aliphatic heterocycles. The van der Waals surface area contributed by atoms with Crippen molar-refractivity contribution in [2.24, 2.45) is 0 Å². The SMILES string of the molecule is Cc1cc(C2CN([C@H]3CCN(C(=O)OC(C)(C)C)C3)C2)cc2c1O[C@@H](C)c1c(N3CCOCC3)ccnc1N2. The van der Waals surface area contributed by atoms with Crippen LogP contribution in [0.2, 0.25) is 0 Å². The van der Waals surface area contributed by atoms with Gasteiger partial charge in [-0.1, -0.05) is 6.07 Å². The Labute approximate surface area is 231 Å². The maximum atomic E-state index is 12.5. The van der Waals surface area contributed by atoms with Crippen molar-refractivity contribution in [2.75, 3.05) is 62.7 Å². The van der Waals surface area contributed by atoms with Crippen LogP contribution in [-0.4, -0.2) is 85.0 Å². The number of amides is 1. The van der Waals surface area contributed by atoms with Gasteiger partial charge < -0.3 is 29.3 Å². The molecule has 0 saturated carbocycles. The highest BCUT2D eigenvalue weighted by atomic mass is 16.6. The zero-order valence-corrected chi connectivity index (χ0v) is 23.8. The molecule has 6 rings (SSSR count). The van der Waals surface area contributed by atoms with Crippen molar-refractivity contribution in [3.63, 3.8) is 0 Å². The summed E-state index contributed by atoms with van der Waals surface area (Å²) in [4.78, 5) is 24.0. The topological polar surface area (TPSA) is 79.4 Å². The summed E-state index contributed by atoms with van der Waals surface area (Å²) >= 11 is 0. The van der Waals surface area contributed by atoms with E-state index in [1.807, 2.05) is 31.9 Å². The number of rotatable bonds is 3. The summed E-state index contributed by atoms with van der Waals surface area (Å²) in [5.74, 6) is 2.22. The third-order valence-electron chi connectivity index (χ3n) is 8.28. The van der Waals surface area contributed by atoms with Gasteiger partial charge in [0.25, 0.3) is 0 Å². The predicted molar refractivity (Wildman–Crippen MR) is 151 cm³/mol. The van der Waals surface area contributed by atoms with Gasteiger partial charge in [0.2, 0.25) is 0 Å². The first-order valence-electron chi connectivity index (χ1n) is 14.3. The number of carbonyl (C=O) groups is 1. The largest absolute Gasteiger partial charge is 0.483 e. The van der Waals surface area contributed by atoms with Crippen molar-refractivity contribution in [1.29, 1.82) is 0 Å². The minimum Gasteiger partial charge on any atom is -0.483 e. The maximum Gasteiger partial charge on any atom is 0.410 e. The van der Waals surface area contributed by atoms with Gasteiger partial charge in [-0.15, -0.1) is 0 Å². The Morgan fingerprint density at radius 1 is 1.13 bits per heavy atom. The Bertz CT molecular complexity index is 1230. The van der Waals surface area contributed by atoms with Crippen molar-refractivity contribution < 1.29 is 19.0 Å². The summed E-state index contributed by atoms with van der Waals surface area (Å²) in [6.07, 6.45) is 2.56. The molecule has 0 bridgehead atoms. The zero-order chi connectivity index (χ0) is 27.3. The normalized spacial score (nSPS) is 23.7. The van der Waals surface area contributed by atoms with E-state index in [0.29, 0.717) is 12.0 Å². The smallest absolute Gasteiger partial charge is 0.410 e. The number of hydrogen-bond donors (Lipinski definition) is 1. The molecule has 210 valence electrons. The van der Waals surface area contributed by atoms with Crippen molar-refractivity contribution in [3.05, 3.63) is 41.1 Å². The molecule has 9 nitrogen and oxygen atoms in total. The van der Waals surface area contributed by atoms with E-state index in [9.17, 15) is 4.79 Å². The van der Waals surface area contributed by atoms with Crippen molar-refractivity contribution in [1.82, 2.24) is 14.8 Å². The summed E-state index contributed by atoms with van der Waals surface area (Å²) in [6, 6.07) is 7.02. The fraction of sp³-hybridized carbons (Fsp3) is 0.600. The summed E-state index contributed by atoms with van der Waals surface area (Å²) in [5, 5.41) is 3.63. The van der Waals surface area contributed by atoms with Crippen LogP contribution in [0.3, 0.4) is 0 Å². The van der Waals surface area contributed by atoms with Gasteiger partial charge >= 0.3 is 6.09 Å². The van der Waals surface area contributed by atoms with E-state index in [-0.39, 0.29) is 12.2 Å². The first kappa shape index (κ1) is 26.2. The monoisotopic (exact) mass is 535 g/mol. The number of hydrogen-bond acceptors (Lipinski definition) is 8. The van der Waals surface area contributed by atoms with Gasteiger partial charge in [0.05, 0.1) is 24.5 Å². The molecule has 1 amide bonds. The molecule has 2 atom stereocenters. The molecule has 0 spiro atoms. The van der Waals surface area contributed by atoms with Gasteiger partial charge in [-0.3, -0.25) is 4.90 Å². The van der Waals surface area contributed by atoms with E-state index in [4.69, 9.17) is 19.2 Å². The molecule has 0 radical (unpaired) electrons. The van der Waals surface area contributed by atoms with Gasteiger partial charge in [0.1, 0.15) is 23.3 Å². The highest BCUT2D eigenvalue weighted by Gasteiger charge is 2.39. The second-order valence-electron chi connectivity index (χ2n) is 12.3. The minimum atomic E-state index is -0.462. The zero-order valence-electron chi connectivity index (χ0n) is 23.8. The highest BCUT2D eigenvalue weighted by molar-refractivity contribution is 5.75. The lowest BCUT2D eigenvalue weighted by Crippen LogP contribution is -2.52. The maximum absolute atomic E-state index is 12.5. The van der Waals surface area contributed by atoms with E-state index in [1.165, 1.54) is 11.3 Å². The number of morpholine rings is 1. The average molecular weight is 536 g/mol. The second kappa shape index (κ2) is 10.2. The van der Waals surface area contributed by atoms with Gasteiger partial charge in [0.15, 0.2) is 0 Å². The van der Waals surface area contributed by atoms with Crippen molar-refractivity contribution in [3.8, 4) is 5.75 Å². The number of fused-ring (bicyclic) bond motifs is 2. The van der Waals surface area contributed by atoms with Crippen LogP contribution in [0.25, 0.3) is 0 Å². The Morgan fingerprint density at radius 2 is 1.90 bits per heavy atom. The lowest BCUT2D eigenvalue weighted by Gasteiger charge is -2.43. The standard InChI is InChI=1S/C30H41N5O4/c1-19-14-21(22-16-35(17-22)23-7-9-34(18-23)29(36)39-30(3,4)5)15-24-27(19)38-20(2)26-25(6-8-31-28(26)32-24)33-10-12-37-13-11-33/h6,8,14-15,20,22-23H,7,9-13,16-18H2,1-5H3,(H,31,32)/t20-,23-/m0/s1. The first-order valence-corrected chi connectivity index (χ1v) is 14.3. The van der Waals surface area contributed by atoms with E-state index >= 15 is 0 Å². The number of nitrogens with zero attached hydrogens (tertiary/aromatic N) is 4. The third-order valence-corrected chi connectivity index (χ3v) is 8.28. The molecule has 1 N–H and O–H groups in total. The first-order chi connectivity index (χ1) is 18.7. The number of ether oxygens (including phenoxy) is 3. The van der Waals surface area contributed by atoms with Crippen LogP contribution in [0.1, 0.15) is 62.8 Å². The van der Waals surface area contributed by atoms with Crippen LogP contribution in [0, 0.1) is 6.92 Å². The molecule has 0 unspecified atom stereocenters. The van der Waals surface area contributed by atoms with Crippen molar-refractivity contribution >= 4 is 23.3 Å². The predicted octanol–water partition coefficient (Wildman–Crippen LogP) is 4.83. The lowest BCUT2D eigenvalue weighted by atomic mass is 9.88. The van der Waals surface area contributed by atoms with E-state index in [0.717, 1.165) is 87.3 Å². The fourth-order valence-corrected chi connectivity index (χ4v) is 6.25. The van der Waals surface area contributed by atoms with E-state index < -0.39 is 5.60 Å². The molecule has 3 saturated heterocycles. The average Bonchev–Trinajstić information content (AvgIpc) is 3.29. The molecular formula is C30H41N5O4. The van der Waals surface area contributed by atoms with Crippen LogP contribution in [0.15, 0.2) is 24.4 Å². The molecule has 1 aromatic carbocycles. The summed E-state index contributed by atoms with van der Waals surface area (Å²) < 4.78 is 17.7. The minimum absolute atomic E-state index is 0.126. The number of aryl methyl sites for hydroxylation is 1. The quantitative estimate of drug-likeness (QED) is 0.599. The molecule has 4 aliphatic rings. The van der Waals surface area contributed by atoms with Crippen LogP contribution >= 0.6 is 0 Å².